The van der Waals surface area contributed by atoms with Crippen LogP contribution >= 0.6 is 11.8 Å². The average Bonchev–Trinajstić information content (AvgIpc) is 2.96. The van der Waals surface area contributed by atoms with Crippen molar-refractivity contribution >= 4 is 11.8 Å². The highest BCUT2D eigenvalue weighted by Crippen LogP contribution is 2.30. The number of rotatable bonds is 5. The molecule has 2 atom stereocenters. The second-order valence-electron chi connectivity index (χ2n) is 5.82. The summed E-state index contributed by atoms with van der Waals surface area (Å²) in [5.74, 6) is 2.44. The molecule has 1 saturated heterocycles. The second kappa shape index (κ2) is 6.86. The predicted octanol–water partition coefficient (Wildman–Crippen LogP) is 3.95. The van der Waals surface area contributed by atoms with Crippen molar-refractivity contribution in [1.82, 2.24) is 5.32 Å². The van der Waals surface area contributed by atoms with Crippen molar-refractivity contribution in [3.05, 3.63) is 29.3 Å². The van der Waals surface area contributed by atoms with Gasteiger partial charge in [0.2, 0.25) is 0 Å². The van der Waals surface area contributed by atoms with E-state index in [1.807, 2.05) is 0 Å². The van der Waals surface area contributed by atoms with E-state index in [0.29, 0.717) is 6.04 Å². The summed E-state index contributed by atoms with van der Waals surface area (Å²) in [7, 11) is 0. The molecule has 2 aliphatic heterocycles. The van der Waals surface area contributed by atoms with Crippen LogP contribution in [0.25, 0.3) is 0 Å². The van der Waals surface area contributed by atoms with Crippen molar-refractivity contribution in [3.8, 4) is 5.75 Å². The van der Waals surface area contributed by atoms with Crippen LogP contribution in [0.4, 0.5) is 0 Å². The van der Waals surface area contributed by atoms with Crippen molar-refractivity contribution in [2.45, 2.75) is 50.3 Å². The lowest BCUT2D eigenvalue weighted by atomic mass is 10.0. The Labute approximate surface area is 126 Å². The molecular formula is C17H25NOS. The van der Waals surface area contributed by atoms with E-state index in [4.69, 9.17) is 4.74 Å². The molecule has 0 spiro atoms. The Morgan fingerprint density at radius 1 is 1.40 bits per heavy atom. The van der Waals surface area contributed by atoms with Crippen LogP contribution in [0.2, 0.25) is 0 Å². The quantitative estimate of drug-likeness (QED) is 0.887. The molecule has 2 nitrogen and oxygen atoms in total. The minimum absolute atomic E-state index is 0.489. The third-order valence-corrected chi connectivity index (χ3v) is 5.79. The molecule has 0 bridgehead atoms. The first-order chi connectivity index (χ1) is 9.86. The highest BCUT2D eigenvalue weighted by atomic mass is 32.2. The van der Waals surface area contributed by atoms with E-state index in [9.17, 15) is 0 Å². The van der Waals surface area contributed by atoms with Crippen molar-refractivity contribution < 1.29 is 4.74 Å². The van der Waals surface area contributed by atoms with E-state index in [1.54, 1.807) is 0 Å². The summed E-state index contributed by atoms with van der Waals surface area (Å²) in [6, 6.07) is 7.22. The number of hydrogen-bond donors (Lipinski definition) is 1. The molecule has 110 valence electrons. The van der Waals surface area contributed by atoms with Crippen LogP contribution in [-0.2, 0) is 6.42 Å². The topological polar surface area (TPSA) is 21.3 Å². The van der Waals surface area contributed by atoms with Crippen molar-refractivity contribution in [2.24, 2.45) is 0 Å². The summed E-state index contributed by atoms with van der Waals surface area (Å²) in [6.45, 7) is 4.27. The van der Waals surface area contributed by atoms with Crippen LogP contribution < -0.4 is 10.1 Å². The highest BCUT2D eigenvalue weighted by Gasteiger charge is 2.18. The van der Waals surface area contributed by atoms with Gasteiger partial charge < -0.3 is 10.1 Å². The lowest BCUT2D eigenvalue weighted by molar-refractivity contribution is 0.356. The van der Waals surface area contributed by atoms with Crippen LogP contribution in [0.1, 0.15) is 49.8 Å². The molecule has 2 heterocycles. The van der Waals surface area contributed by atoms with Gasteiger partial charge in [0, 0.05) is 24.3 Å². The van der Waals surface area contributed by atoms with Gasteiger partial charge in [0.05, 0.1) is 6.61 Å². The van der Waals surface area contributed by atoms with E-state index in [0.717, 1.165) is 37.0 Å². The minimum atomic E-state index is 0.489. The highest BCUT2D eigenvalue weighted by molar-refractivity contribution is 7.99. The normalized spacial score (nSPS) is 23.1. The standard InChI is InChI=1S/C17H25NOS/c1-2-16(18-12-15-5-3-4-10-20-15)13-6-7-17-14(11-13)8-9-19-17/h6-7,11,15-16,18H,2-5,8-10,12H2,1H3. The molecule has 1 fully saturated rings. The Morgan fingerprint density at radius 3 is 3.15 bits per heavy atom. The van der Waals surface area contributed by atoms with Gasteiger partial charge in [-0.15, -0.1) is 0 Å². The minimum Gasteiger partial charge on any atom is -0.493 e. The molecule has 2 aliphatic rings. The summed E-state index contributed by atoms with van der Waals surface area (Å²) >= 11 is 2.15. The lowest BCUT2D eigenvalue weighted by Gasteiger charge is -2.25. The number of nitrogens with one attached hydrogen (secondary N) is 1. The molecule has 3 rings (SSSR count). The number of fused-ring (bicyclic) bond motifs is 1. The second-order valence-corrected chi connectivity index (χ2v) is 7.23. The zero-order chi connectivity index (χ0) is 13.8. The van der Waals surface area contributed by atoms with E-state index < -0.39 is 0 Å². The van der Waals surface area contributed by atoms with Crippen LogP contribution in [0, 0.1) is 0 Å². The summed E-state index contributed by atoms with van der Waals surface area (Å²) in [6.07, 6.45) is 6.41. The van der Waals surface area contributed by atoms with Crippen molar-refractivity contribution in [2.75, 3.05) is 18.9 Å². The van der Waals surface area contributed by atoms with Gasteiger partial charge in [0.25, 0.3) is 0 Å². The molecule has 0 amide bonds. The third kappa shape index (κ3) is 3.32. The average molecular weight is 291 g/mol. The van der Waals surface area contributed by atoms with Gasteiger partial charge in [-0.2, -0.15) is 11.8 Å². The molecule has 2 unspecified atom stereocenters. The maximum absolute atomic E-state index is 5.60. The van der Waals surface area contributed by atoms with E-state index >= 15 is 0 Å². The molecule has 3 heteroatoms. The number of hydrogen-bond acceptors (Lipinski definition) is 3. The molecule has 0 radical (unpaired) electrons. The van der Waals surface area contributed by atoms with Gasteiger partial charge in [0.15, 0.2) is 0 Å². The van der Waals surface area contributed by atoms with Crippen LogP contribution in [0.5, 0.6) is 5.75 Å². The summed E-state index contributed by atoms with van der Waals surface area (Å²) < 4.78 is 5.60. The molecular weight excluding hydrogens is 266 g/mol. The Morgan fingerprint density at radius 2 is 2.35 bits per heavy atom. The third-order valence-electron chi connectivity index (χ3n) is 4.39. The van der Waals surface area contributed by atoms with E-state index in [2.05, 4.69) is 42.2 Å². The lowest BCUT2D eigenvalue weighted by Crippen LogP contribution is -2.30. The SMILES string of the molecule is CCC(NCC1CCCCS1)c1ccc2c(c1)CCO2. The Kier molecular flexibility index (Phi) is 4.90. The number of benzene rings is 1. The Bertz CT molecular complexity index is 443. The maximum Gasteiger partial charge on any atom is 0.122 e. The molecule has 1 aromatic rings. The first kappa shape index (κ1) is 14.3. The molecule has 0 aliphatic carbocycles. The van der Waals surface area contributed by atoms with Crippen LogP contribution in [0.3, 0.4) is 0 Å². The molecule has 0 aromatic heterocycles. The smallest absolute Gasteiger partial charge is 0.122 e. The van der Waals surface area contributed by atoms with Crippen LogP contribution in [0.15, 0.2) is 18.2 Å². The van der Waals surface area contributed by atoms with Crippen molar-refractivity contribution in [3.63, 3.8) is 0 Å². The van der Waals surface area contributed by atoms with Crippen LogP contribution in [-0.4, -0.2) is 24.2 Å². The Balaban J connectivity index is 1.60. The van der Waals surface area contributed by atoms with Gasteiger partial charge in [-0.3, -0.25) is 0 Å². The van der Waals surface area contributed by atoms with Gasteiger partial charge in [-0.05, 0) is 42.2 Å². The van der Waals surface area contributed by atoms with Gasteiger partial charge in [-0.1, -0.05) is 25.5 Å². The summed E-state index contributed by atoms with van der Waals surface area (Å²) in [4.78, 5) is 0. The fraction of sp³-hybridized carbons (Fsp3) is 0.647. The predicted molar refractivity (Wildman–Crippen MR) is 86.8 cm³/mol. The number of thioether (sulfide) groups is 1. The van der Waals surface area contributed by atoms with Gasteiger partial charge in [0.1, 0.15) is 5.75 Å². The fourth-order valence-electron chi connectivity index (χ4n) is 3.16. The Hall–Kier alpha value is -0.670. The fourth-order valence-corrected chi connectivity index (χ4v) is 4.41. The molecule has 1 N–H and O–H groups in total. The maximum atomic E-state index is 5.60. The summed E-state index contributed by atoms with van der Waals surface area (Å²) in [5.41, 5.74) is 2.81. The van der Waals surface area contributed by atoms with E-state index in [-0.39, 0.29) is 0 Å². The first-order valence-electron chi connectivity index (χ1n) is 7.97. The number of ether oxygens (including phenoxy) is 1. The molecule has 20 heavy (non-hydrogen) atoms. The zero-order valence-corrected chi connectivity index (χ0v) is 13.2. The monoisotopic (exact) mass is 291 g/mol. The van der Waals surface area contributed by atoms with Gasteiger partial charge >= 0.3 is 0 Å². The van der Waals surface area contributed by atoms with Crippen molar-refractivity contribution in [1.29, 1.82) is 0 Å². The molecule has 0 saturated carbocycles. The summed E-state index contributed by atoms with van der Waals surface area (Å²) in [5, 5.41) is 4.60. The van der Waals surface area contributed by atoms with E-state index in [1.165, 1.54) is 36.1 Å². The van der Waals surface area contributed by atoms with Gasteiger partial charge in [-0.25, -0.2) is 0 Å². The molecule has 1 aromatic carbocycles. The first-order valence-corrected chi connectivity index (χ1v) is 9.02. The largest absolute Gasteiger partial charge is 0.493 e. The zero-order valence-electron chi connectivity index (χ0n) is 12.4.